The number of hydrogen-bond donors (Lipinski definition) is 3. The second kappa shape index (κ2) is 8.41. The van der Waals surface area contributed by atoms with E-state index in [-0.39, 0.29) is 13.2 Å². The standard InChI is InChI=1S/C11H6F9O.BH3O3.Li/c1-21-8(10(15,16)17,11(18,19)20)6-3-2-4-7(5-6)9(12,13)14;2-1(3)4;/h3-5H,1H3;2-4H;. The van der Waals surface area contributed by atoms with Crippen molar-refractivity contribution in [3.63, 3.8) is 0 Å². The maximum atomic E-state index is 13.0. The Morgan fingerprint density at radius 1 is 0.808 bits per heavy atom. The van der Waals surface area contributed by atoms with Crippen LogP contribution in [0.5, 0.6) is 0 Å². The molecule has 0 aliphatic rings. The Morgan fingerprint density at radius 3 is 1.42 bits per heavy atom. The molecule has 3 N–H and O–H groups in total. The van der Waals surface area contributed by atoms with E-state index in [4.69, 9.17) is 15.1 Å². The molecule has 0 aliphatic carbocycles. The van der Waals surface area contributed by atoms with Crippen molar-refractivity contribution in [2.75, 3.05) is 7.11 Å². The number of benzene rings is 1. The van der Waals surface area contributed by atoms with E-state index in [1.54, 1.807) is 0 Å². The fourth-order valence-electron chi connectivity index (χ4n) is 1.99. The van der Waals surface area contributed by atoms with Gasteiger partial charge in [-0.05, 0) is 0 Å². The molecular weight excluding hydrogens is 385 g/mol. The zero-order valence-corrected chi connectivity index (χ0v) is 13.0. The predicted octanol–water partition coefficient (Wildman–Crippen LogP) is 1.41. The van der Waals surface area contributed by atoms with Crippen molar-refractivity contribution in [2.24, 2.45) is 0 Å². The molecular formula is C11H9BF9LiO4. The first-order chi connectivity index (χ1) is 11.4. The van der Waals surface area contributed by atoms with Gasteiger partial charge in [-0.15, -0.1) is 0 Å². The average Bonchev–Trinajstić information content (AvgIpc) is 2.33. The van der Waals surface area contributed by atoms with Gasteiger partial charge in [-0.25, -0.2) is 0 Å². The Morgan fingerprint density at radius 2 is 1.15 bits per heavy atom. The van der Waals surface area contributed by atoms with Crippen molar-refractivity contribution < 1.29 is 59.3 Å². The third-order valence-electron chi connectivity index (χ3n) is 2.92. The van der Waals surface area contributed by atoms with Gasteiger partial charge in [0.1, 0.15) is 0 Å². The summed E-state index contributed by atoms with van der Waals surface area (Å²) in [6, 6.07) is 0.591. The molecule has 1 aromatic rings. The summed E-state index contributed by atoms with van der Waals surface area (Å²) in [6.45, 7) is 0. The summed E-state index contributed by atoms with van der Waals surface area (Å²) >= 11 is 0.950. The van der Waals surface area contributed by atoms with E-state index in [9.17, 15) is 39.5 Å². The summed E-state index contributed by atoms with van der Waals surface area (Å²) < 4.78 is 119. The molecule has 144 valence electrons. The third-order valence-corrected chi connectivity index (χ3v) is 2.92. The summed E-state index contributed by atoms with van der Waals surface area (Å²) in [7, 11) is -2.03. The van der Waals surface area contributed by atoms with E-state index in [0.717, 1.165) is 17.7 Å². The Balaban J connectivity index is 0.00000141. The van der Waals surface area contributed by atoms with Crippen molar-refractivity contribution >= 4 is 29.3 Å². The van der Waals surface area contributed by atoms with Gasteiger partial charge in [-0.3, -0.25) is 0 Å². The zero-order chi connectivity index (χ0) is 21.1. The van der Waals surface area contributed by atoms with E-state index in [1.165, 1.54) is 0 Å². The molecule has 0 aliphatic heterocycles. The zero-order valence-electron chi connectivity index (χ0n) is 13.0. The molecule has 0 spiro atoms. The fourth-order valence-corrected chi connectivity index (χ4v) is 1.99. The topological polar surface area (TPSA) is 69.9 Å². The normalized spacial score (nSPS) is 13.2. The van der Waals surface area contributed by atoms with E-state index in [1.807, 2.05) is 0 Å². The van der Waals surface area contributed by atoms with Crippen LogP contribution in [0.4, 0.5) is 39.5 Å². The average molecular weight is 394 g/mol. The molecule has 1 rings (SSSR count). The predicted molar refractivity (Wildman–Crippen MR) is 70.0 cm³/mol. The molecule has 0 unspecified atom stereocenters. The van der Waals surface area contributed by atoms with Crippen LogP contribution in [-0.4, -0.2) is 59.6 Å². The molecule has 0 radical (unpaired) electrons. The first-order valence-corrected chi connectivity index (χ1v) is 6.32. The van der Waals surface area contributed by atoms with Gasteiger partial charge in [-0.1, -0.05) is 0 Å². The summed E-state index contributed by atoms with van der Waals surface area (Å²) in [6.07, 6.45) is -17.1. The summed E-state index contributed by atoms with van der Waals surface area (Å²) in [5, 5.41) is 21.5. The van der Waals surface area contributed by atoms with E-state index in [0.29, 0.717) is 12.1 Å². The minimum atomic E-state index is -6.00. The van der Waals surface area contributed by atoms with Gasteiger partial charge >= 0.3 is 134 Å². The number of rotatable bonds is 2. The van der Waals surface area contributed by atoms with Gasteiger partial charge in [-0.2, -0.15) is 0 Å². The molecule has 0 aromatic heterocycles. The summed E-state index contributed by atoms with van der Waals surface area (Å²) in [5.41, 5.74) is -8.15. The number of hydrogen-bond acceptors (Lipinski definition) is 4. The van der Waals surface area contributed by atoms with Crippen LogP contribution in [0.1, 0.15) is 11.1 Å². The van der Waals surface area contributed by atoms with Gasteiger partial charge in [0.2, 0.25) is 0 Å². The first kappa shape index (κ1) is 25.1. The van der Waals surface area contributed by atoms with Gasteiger partial charge in [0.25, 0.3) is 0 Å². The van der Waals surface area contributed by atoms with Crippen LogP contribution in [0, 0.1) is 0 Å². The maximum absolute atomic E-state index is 13.0. The van der Waals surface area contributed by atoms with Gasteiger partial charge < -0.3 is 15.1 Å². The van der Waals surface area contributed by atoms with Crippen LogP contribution in [0.2, 0.25) is 0 Å². The monoisotopic (exact) mass is 394 g/mol. The second-order valence-corrected chi connectivity index (χ2v) is 4.81. The van der Waals surface area contributed by atoms with Crippen LogP contribution in [-0.2, 0) is 16.5 Å². The van der Waals surface area contributed by atoms with E-state index < -0.39 is 46.8 Å². The van der Waals surface area contributed by atoms with E-state index in [2.05, 4.69) is 4.74 Å². The van der Waals surface area contributed by atoms with Crippen LogP contribution < -0.4 is 4.24 Å². The molecule has 0 saturated carbocycles. The van der Waals surface area contributed by atoms with Gasteiger partial charge in [0.15, 0.2) is 0 Å². The van der Waals surface area contributed by atoms with Crippen molar-refractivity contribution in [1.82, 2.24) is 0 Å². The van der Waals surface area contributed by atoms with Gasteiger partial charge in [0.05, 0.1) is 0 Å². The number of ether oxygens (including phenoxy) is 1. The SMILES string of the molecule is OB(O)O.[Li][c]1cc(C(F)(F)F)cc(C(OC)(C(F)(F)F)C(F)(F)F)c1. The molecule has 0 saturated heterocycles. The van der Waals surface area contributed by atoms with Crippen molar-refractivity contribution in [3.8, 4) is 0 Å². The summed E-state index contributed by atoms with van der Waals surface area (Å²) in [5.74, 6) is 0. The molecule has 4 nitrogen and oxygen atoms in total. The molecule has 0 bridgehead atoms. The molecule has 15 heteroatoms. The Kier molecular flexibility index (Phi) is 8.11. The second-order valence-electron chi connectivity index (χ2n) is 4.81. The summed E-state index contributed by atoms with van der Waals surface area (Å²) in [4.78, 5) is 0. The molecule has 0 atom stereocenters. The Hall–Kier alpha value is -0.908. The molecule has 1 aromatic carbocycles. The first-order valence-electron chi connectivity index (χ1n) is 6.32. The molecule has 0 fully saturated rings. The fraction of sp³-hybridized carbons (Fsp3) is 0.455. The van der Waals surface area contributed by atoms with Crippen molar-refractivity contribution in [1.29, 1.82) is 0 Å². The molecule has 26 heavy (non-hydrogen) atoms. The Bertz CT molecular complexity index is 584. The quantitative estimate of drug-likeness (QED) is 0.525. The number of halogens is 9. The van der Waals surface area contributed by atoms with Crippen LogP contribution in [0.15, 0.2) is 18.2 Å². The van der Waals surface area contributed by atoms with E-state index >= 15 is 0 Å². The van der Waals surface area contributed by atoms with Crippen LogP contribution in [0.3, 0.4) is 0 Å². The third kappa shape index (κ3) is 5.80. The van der Waals surface area contributed by atoms with Crippen molar-refractivity contribution in [3.05, 3.63) is 29.3 Å². The Labute approximate surface area is 149 Å². The molecule has 0 heterocycles. The van der Waals surface area contributed by atoms with Crippen molar-refractivity contribution in [2.45, 2.75) is 24.1 Å². The number of alkyl halides is 9. The van der Waals surface area contributed by atoms with Crippen LogP contribution >= 0.6 is 0 Å². The van der Waals surface area contributed by atoms with Gasteiger partial charge in [0, 0.05) is 0 Å². The van der Waals surface area contributed by atoms with Crippen LogP contribution in [0.25, 0.3) is 0 Å². The number of methoxy groups -OCH3 is 1. The molecule has 0 amide bonds. The minimum absolute atomic E-state index is 0.135.